The van der Waals surface area contributed by atoms with Crippen LogP contribution in [0.5, 0.6) is 0 Å². The van der Waals surface area contributed by atoms with Gasteiger partial charge >= 0.3 is 6.03 Å². The molecule has 2 heterocycles. The number of aromatic nitrogens is 1. The zero-order chi connectivity index (χ0) is 22.2. The molecular weight excluding hydrogens is 425 g/mol. The SMILES string of the molecule is Cc1cccc([C@H]2c3cccn3-c3ccccc3CN2C(=O)Nc2ccc(F)c(Cl)c2)c1. The zero-order valence-corrected chi connectivity index (χ0v) is 18.2. The van der Waals surface area contributed by atoms with Gasteiger partial charge in [-0.3, -0.25) is 0 Å². The van der Waals surface area contributed by atoms with E-state index in [1.54, 1.807) is 0 Å². The molecule has 1 atom stereocenters. The van der Waals surface area contributed by atoms with Crippen LogP contribution in [0.1, 0.15) is 28.4 Å². The van der Waals surface area contributed by atoms with E-state index in [4.69, 9.17) is 11.6 Å². The second kappa shape index (κ2) is 8.17. The lowest BCUT2D eigenvalue weighted by molar-refractivity contribution is 0.194. The summed E-state index contributed by atoms with van der Waals surface area (Å²) in [6, 6.07) is 23.9. The molecular formula is C26H21ClFN3O. The maximum absolute atomic E-state index is 13.6. The van der Waals surface area contributed by atoms with E-state index in [-0.39, 0.29) is 17.1 Å². The van der Waals surface area contributed by atoms with Crippen LogP contribution in [0.3, 0.4) is 0 Å². The highest BCUT2D eigenvalue weighted by atomic mass is 35.5. The predicted molar refractivity (Wildman–Crippen MR) is 125 cm³/mol. The van der Waals surface area contributed by atoms with Gasteiger partial charge in [0.1, 0.15) is 5.82 Å². The summed E-state index contributed by atoms with van der Waals surface area (Å²) in [6.45, 7) is 2.45. The lowest BCUT2D eigenvalue weighted by atomic mass is 10.00. The average molecular weight is 446 g/mol. The number of hydrogen-bond donors (Lipinski definition) is 1. The van der Waals surface area contributed by atoms with Crippen molar-refractivity contribution in [1.82, 2.24) is 9.47 Å². The monoisotopic (exact) mass is 445 g/mol. The van der Waals surface area contributed by atoms with E-state index in [2.05, 4.69) is 22.0 Å². The number of anilines is 1. The van der Waals surface area contributed by atoms with Crippen molar-refractivity contribution in [3.05, 3.63) is 118 Å². The van der Waals surface area contributed by atoms with Gasteiger partial charge in [0.15, 0.2) is 0 Å². The number of benzene rings is 3. The second-order valence-corrected chi connectivity index (χ2v) is 8.34. The summed E-state index contributed by atoms with van der Waals surface area (Å²) in [6.07, 6.45) is 2.03. The number of amides is 2. The van der Waals surface area contributed by atoms with Crippen LogP contribution in [-0.4, -0.2) is 15.5 Å². The first-order chi connectivity index (χ1) is 15.5. The summed E-state index contributed by atoms with van der Waals surface area (Å²) >= 11 is 5.93. The predicted octanol–water partition coefficient (Wildman–Crippen LogP) is 6.72. The molecule has 1 aliphatic heterocycles. The quantitative estimate of drug-likeness (QED) is 0.365. The van der Waals surface area contributed by atoms with E-state index in [1.165, 1.54) is 18.2 Å². The van der Waals surface area contributed by atoms with Crippen molar-refractivity contribution < 1.29 is 9.18 Å². The normalized spacial score (nSPS) is 15.0. The molecule has 2 amide bonds. The molecule has 0 unspecified atom stereocenters. The molecule has 0 saturated carbocycles. The highest BCUT2D eigenvalue weighted by Crippen LogP contribution is 2.37. The Balaban J connectivity index is 1.63. The lowest BCUT2D eigenvalue weighted by Gasteiger charge is -2.31. The van der Waals surface area contributed by atoms with Gasteiger partial charge in [-0.15, -0.1) is 0 Å². The Bertz CT molecular complexity index is 1320. The van der Waals surface area contributed by atoms with E-state index in [9.17, 15) is 9.18 Å². The molecule has 0 spiro atoms. The van der Waals surface area contributed by atoms with Crippen LogP contribution in [0.15, 0.2) is 85.1 Å². The number of hydrogen-bond acceptors (Lipinski definition) is 1. The molecule has 32 heavy (non-hydrogen) atoms. The molecule has 160 valence electrons. The molecule has 0 saturated heterocycles. The molecule has 5 rings (SSSR count). The number of rotatable bonds is 2. The molecule has 1 aromatic heterocycles. The van der Waals surface area contributed by atoms with Crippen molar-refractivity contribution in [3.63, 3.8) is 0 Å². The number of carbonyl (C=O) groups excluding carboxylic acids is 1. The van der Waals surface area contributed by atoms with Crippen molar-refractivity contribution in [2.75, 3.05) is 5.32 Å². The van der Waals surface area contributed by atoms with Gasteiger partial charge in [0, 0.05) is 17.6 Å². The first-order valence-electron chi connectivity index (χ1n) is 10.4. The number of fused-ring (bicyclic) bond motifs is 3. The van der Waals surface area contributed by atoms with Gasteiger partial charge in [-0.05, 0) is 54.4 Å². The Hall–Kier alpha value is -3.57. The van der Waals surface area contributed by atoms with Gasteiger partial charge in [-0.2, -0.15) is 0 Å². The Kier molecular flexibility index (Phi) is 5.19. The van der Waals surface area contributed by atoms with Crippen molar-refractivity contribution >= 4 is 23.3 Å². The summed E-state index contributed by atoms with van der Waals surface area (Å²) < 4.78 is 15.7. The molecule has 0 fully saturated rings. The van der Waals surface area contributed by atoms with Crippen LogP contribution in [-0.2, 0) is 6.54 Å². The third kappa shape index (κ3) is 3.65. The van der Waals surface area contributed by atoms with E-state index in [1.807, 2.05) is 66.6 Å². The minimum Gasteiger partial charge on any atom is -0.318 e. The Labute approximate surface area is 190 Å². The van der Waals surface area contributed by atoms with Crippen LogP contribution < -0.4 is 5.32 Å². The Morgan fingerprint density at radius 2 is 1.88 bits per heavy atom. The van der Waals surface area contributed by atoms with Gasteiger partial charge in [-0.1, -0.05) is 59.6 Å². The standard InChI is InChI=1S/C26H21ClFN3O/c1-17-6-4-8-18(14-17)25-24-10-5-13-30(24)23-9-3-2-7-19(23)16-31(25)26(32)29-20-11-12-22(28)21(27)15-20/h2-15,25H,16H2,1H3,(H,29,32)/t25-/m0/s1. The largest absolute Gasteiger partial charge is 0.322 e. The van der Waals surface area contributed by atoms with Gasteiger partial charge in [0.2, 0.25) is 0 Å². The van der Waals surface area contributed by atoms with Crippen LogP contribution in [0, 0.1) is 12.7 Å². The zero-order valence-electron chi connectivity index (χ0n) is 17.4. The van der Waals surface area contributed by atoms with E-state index in [0.29, 0.717) is 12.2 Å². The summed E-state index contributed by atoms with van der Waals surface area (Å²) in [5, 5.41) is 2.87. The summed E-state index contributed by atoms with van der Waals surface area (Å²) in [4.78, 5) is 15.4. The van der Waals surface area contributed by atoms with Crippen molar-refractivity contribution in [2.45, 2.75) is 19.5 Å². The van der Waals surface area contributed by atoms with Crippen LogP contribution in [0.4, 0.5) is 14.9 Å². The molecule has 4 nitrogen and oxygen atoms in total. The van der Waals surface area contributed by atoms with Crippen molar-refractivity contribution in [2.24, 2.45) is 0 Å². The second-order valence-electron chi connectivity index (χ2n) is 7.94. The lowest BCUT2D eigenvalue weighted by Crippen LogP contribution is -2.38. The molecule has 0 radical (unpaired) electrons. The topological polar surface area (TPSA) is 37.3 Å². The molecule has 0 aliphatic carbocycles. The number of halogens is 2. The molecule has 0 bridgehead atoms. The van der Waals surface area contributed by atoms with Gasteiger partial charge in [-0.25, -0.2) is 9.18 Å². The van der Waals surface area contributed by atoms with Crippen molar-refractivity contribution in [3.8, 4) is 5.69 Å². The average Bonchev–Trinajstić information content (AvgIpc) is 3.20. The molecule has 1 aliphatic rings. The van der Waals surface area contributed by atoms with E-state index < -0.39 is 5.82 Å². The number of aryl methyl sites for hydroxylation is 1. The summed E-state index contributed by atoms with van der Waals surface area (Å²) in [5.41, 5.74) is 5.65. The molecule has 1 N–H and O–H groups in total. The number of nitrogens with zero attached hydrogens (tertiary/aromatic N) is 2. The number of para-hydroxylation sites is 1. The third-order valence-corrected chi connectivity index (χ3v) is 6.04. The first-order valence-corrected chi connectivity index (χ1v) is 10.7. The van der Waals surface area contributed by atoms with Crippen LogP contribution in [0.25, 0.3) is 5.69 Å². The molecule has 6 heteroatoms. The smallest absolute Gasteiger partial charge is 0.318 e. The summed E-state index contributed by atoms with van der Waals surface area (Å²) in [7, 11) is 0. The fraction of sp³-hybridized carbons (Fsp3) is 0.115. The molecule has 4 aromatic rings. The highest BCUT2D eigenvalue weighted by Gasteiger charge is 2.33. The Morgan fingerprint density at radius 1 is 1.03 bits per heavy atom. The van der Waals surface area contributed by atoms with Gasteiger partial charge in [0.05, 0.1) is 23.3 Å². The molecule has 3 aromatic carbocycles. The first kappa shape index (κ1) is 20.3. The van der Waals surface area contributed by atoms with Gasteiger partial charge in [0.25, 0.3) is 0 Å². The van der Waals surface area contributed by atoms with Crippen LogP contribution in [0.2, 0.25) is 5.02 Å². The number of nitrogens with one attached hydrogen (secondary N) is 1. The highest BCUT2D eigenvalue weighted by molar-refractivity contribution is 6.31. The minimum atomic E-state index is -0.524. The fourth-order valence-electron chi connectivity index (χ4n) is 4.30. The van der Waals surface area contributed by atoms with Crippen LogP contribution >= 0.6 is 11.6 Å². The van der Waals surface area contributed by atoms with Crippen molar-refractivity contribution in [1.29, 1.82) is 0 Å². The van der Waals surface area contributed by atoms with E-state index >= 15 is 0 Å². The third-order valence-electron chi connectivity index (χ3n) is 5.75. The fourth-order valence-corrected chi connectivity index (χ4v) is 4.48. The van der Waals surface area contributed by atoms with Gasteiger partial charge < -0.3 is 14.8 Å². The number of urea groups is 1. The number of carbonyl (C=O) groups is 1. The maximum atomic E-state index is 13.6. The summed E-state index contributed by atoms with van der Waals surface area (Å²) in [5.74, 6) is -0.524. The van der Waals surface area contributed by atoms with E-state index in [0.717, 1.165) is 28.1 Å². The Morgan fingerprint density at radius 3 is 2.69 bits per heavy atom. The minimum absolute atomic E-state index is 0.0341. The maximum Gasteiger partial charge on any atom is 0.322 e.